The Morgan fingerprint density at radius 3 is 3.06 bits per heavy atom. The van der Waals surface area contributed by atoms with Gasteiger partial charge in [-0.3, -0.25) is 0 Å². The predicted molar refractivity (Wildman–Crippen MR) is 71.5 cm³/mol. The summed E-state index contributed by atoms with van der Waals surface area (Å²) in [4.78, 5) is 0. The molecule has 0 aliphatic heterocycles. The Balaban J connectivity index is 1.69. The lowest BCUT2D eigenvalue weighted by molar-refractivity contribution is 0.178. The van der Waals surface area contributed by atoms with Crippen LogP contribution < -0.4 is 5.32 Å². The standard InChI is InChI=1S/C13H16N2OS/c16-10-6-5-9(7-10)8-14-13-11-3-1-2-4-12(11)15-17-13/h1-4,9-10,14,16H,5-8H2. The summed E-state index contributed by atoms with van der Waals surface area (Å²) >= 11 is 1.52. The highest BCUT2D eigenvalue weighted by Crippen LogP contribution is 2.30. The average Bonchev–Trinajstić information content (AvgIpc) is 2.93. The first-order valence-corrected chi connectivity index (χ1v) is 6.86. The van der Waals surface area contributed by atoms with Gasteiger partial charge in [0.25, 0.3) is 0 Å². The van der Waals surface area contributed by atoms with Crippen molar-refractivity contribution in [2.75, 3.05) is 11.9 Å². The molecule has 17 heavy (non-hydrogen) atoms. The molecule has 90 valence electrons. The SMILES string of the molecule is OC1CCC(CNc2snc3ccccc23)C1. The Kier molecular flexibility index (Phi) is 2.99. The molecular formula is C13H16N2OS. The van der Waals surface area contributed by atoms with Gasteiger partial charge in [0.05, 0.1) is 11.6 Å². The van der Waals surface area contributed by atoms with E-state index in [4.69, 9.17) is 0 Å². The number of nitrogens with one attached hydrogen (secondary N) is 1. The van der Waals surface area contributed by atoms with E-state index in [1.165, 1.54) is 16.9 Å². The van der Waals surface area contributed by atoms with Crippen LogP contribution in [0.4, 0.5) is 5.00 Å². The van der Waals surface area contributed by atoms with Gasteiger partial charge in [0.2, 0.25) is 0 Å². The van der Waals surface area contributed by atoms with E-state index in [0.29, 0.717) is 5.92 Å². The summed E-state index contributed by atoms with van der Waals surface area (Å²) in [6, 6.07) is 8.20. The summed E-state index contributed by atoms with van der Waals surface area (Å²) in [5, 5.41) is 15.3. The number of benzene rings is 1. The maximum Gasteiger partial charge on any atom is 0.117 e. The van der Waals surface area contributed by atoms with Gasteiger partial charge in [-0.2, -0.15) is 4.37 Å². The first kappa shape index (κ1) is 11.0. The number of nitrogens with zero attached hydrogens (tertiary/aromatic N) is 1. The molecule has 1 heterocycles. The lowest BCUT2D eigenvalue weighted by Crippen LogP contribution is -2.11. The van der Waals surface area contributed by atoms with Gasteiger partial charge in [-0.25, -0.2) is 0 Å². The summed E-state index contributed by atoms with van der Waals surface area (Å²) in [5.41, 5.74) is 1.06. The minimum Gasteiger partial charge on any atom is -0.393 e. The van der Waals surface area contributed by atoms with Crippen LogP contribution in [-0.4, -0.2) is 22.1 Å². The Morgan fingerprint density at radius 1 is 1.35 bits per heavy atom. The highest BCUT2D eigenvalue weighted by Gasteiger charge is 2.22. The van der Waals surface area contributed by atoms with E-state index < -0.39 is 0 Å². The molecule has 1 aromatic carbocycles. The fraction of sp³-hybridized carbons (Fsp3) is 0.462. The molecule has 0 spiro atoms. The molecule has 0 radical (unpaired) electrons. The van der Waals surface area contributed by atoms with Crippen LogP contribution in [0.2, 0.25) is 0 Å². The molecule has 2 unspecified atom stereocenters. The Hall–Kier alpha value is -1.13. The molecule has 0 bridgehead atoms. The van der Waals surface area contributed by atoms with Crippen molar-refractivity contribution in [1.29, 1.82) is 0 Å². The Morgan fingerprint density at radius 2 is 2.24 bits per heavy atom. The maximum absolute atomic E-state index is 9.49. The third-order valence-corrected chi connectivity index (χ3v) is 4.28. The second-order valence-electron chi connectivity index (χ2n) is 4.74. The van der Waals surface area contributed by atoms with Crippen molar-refractivity contribution in [1.82, 2.24) is 4.37 Å². The van der Waals surface area contributed by atoms with E-state index in [0.717, 1.165) is 36.3 Å². The van der Waals surface area contributed by atoms with Crippen LogP contribution in [0.5, 0.6) is 0 Å². The van der Waals surface area contributed by atoms with Gasteiger partial charge in [0, 0.05) is 11.9 Å². The third-order valence-electron chi connectivity index (χ3n) is 3.45. The van der Waals surface area contributed by atoms with Crippen LogP contribution in [0, 0.1) is 5.92 Å². The first-order valence-electron chi connectivity index (χ1n) is 6.09. The summed E-state index contributed by atoms with van der Waals surface area (Å²) < 4.78 is 4.41. The zero-order valence-electron chi connectivity index (χ0n) is 9.60. The van der Waals surface area contributed by atoms with Gasteiger partial charge < -0.3 is 10.4 Å². The number of hydrogen-bond acceptors (Lipinski definition) is 4. The Labute approximate surface area is 105 Å². The maximum atomic E-state index is 9.49. The average molecular weight is 248 g/mol. The van der Waals surface area contributed by atoms with Crippen LogP contribution >= 0.6 is 11.5 Å². The van der Waals surface area contributed by atoms with Crippen LogP contribution in [0.25, 0.3) is 10.9 Å². The van der Waals surface area contributed by atoms with Gasteiger partial charge in [-0.15, -0.1) is 0 Å². The summed E-state index contributed by atoms with van der Waals surface area (Å²) in [5.74, 6) is 0.603. The van der Waals surface area contributed by atoms with Crippen LogP contribution in [0.1, 0.15) is 19.3 Å². The number of aliphatic hydroxyl groups is 1. The largest absolute Gasteiger partial charge is 0.393 e. The lowest BCUT2D eigenvalue weighted by Gasteiger charge is -2.10. The minimum absolute atomic E-state index is 0.0833. The number of anilines is 1. The minimum atomic E-state index is -0.0833. The van der Waals surface area contributed by atoms with Crippen molar-refractivity contribution in [3.8, 4) is 0 Å². The zero-order chi connectivity index (χ0) is 11.7. The van der Waals surface area contributed by atoms with Crippen molar-refractivity contribution in [2.24, 2.45) is 5.92 Å². The quantitative estimate of drug-likeness (QED) is 0.878. The van der Waals surface area contributed by atoms with E-state index in [1.807, 2.05) is 18.2 Å². The van der Waals surface area contributed by atoms with Crippen molar-refractivity contribution >= 4 is 27.4 Å². The van der Waals surface area contributed by atoms with E-state index in [-0.39, 0.29) is 6.10 Å². The summed E-state index contributed by atoms with van der Waals surface area (Å²) in [6.07, 6.45) is 2.93. The molecular weight excluding hydrogens is 232 g/mol. The molecule has 1 aliphatic carbocycles. The highest BCUT2D eigenvalue weighted by molar-refractivity contribution is 7.11. The van der Waals surface area contributed by atoms with Crippen LogP contribution in [0.3, 0.4) is 0 Å². The number of fused-ring (bicyclic) bond motifs is 1. The van der Waals surface area contributed by atoms with Crippen molar-refractivity contribution in [3.05, 3.63) is 24.3 Å². The number of rotatable bonds is 3. The second-order valence-corrected chi connectivity index (χ2v) is 5.52. The van der Waals surface area contributed by atoms with E-state index in [1.54, 1.807) is 0 Å². The van der Waals surface area contributed by atoms with E-state index in [2.05, 4.69) is 15.8 Å². The zero-order valence-corrected chi connectivity index (χ0v) is 10.4. The summed E-state index contributed by atoms with van der Waals surface area (Å²) in [7, 11) is 0. The van der Waals surface area contributed by atoms with Gasteiger partial charge >= 0.3 is 0 Å². The molecule has 0 amide bonds. The lowest BCUT2D eigenvalue weighted by atomic mass is 10.1. The predicted octanol–water partition coefficient (Wildman–Crippen LogP) is 2.87. The molecule has 3 nitrogen and oxygen atoms in total. The number of aromatic nitrogens is 1. The topological polar surface area (TPSA) is 45.1 Å². The highest BCUT2D eigenvalue weighted by atomic mass is 32.1. The van der Waals surface area contributed by atoms with Gasteiger partial charge in [0.15, 0.2) is 0 Å². The molecule has 2 aromatic rings. The van der Waals surface area contributed by atoms with Gasteiger partial charge in [0.1, 0.15) is 5.00 Å². The molecule has 1 saturated carbocycles. The van der Waals surface area contributed by atoms with E-state index in [9.17, 15) is 5.11 Å². The van der Waals surface area contributed by atoms with Crippen LogP contribution in [-0.2, 0) is 0 Å². The monoisotopic (exact) mass is 248 g/mol. The smallest absolute Gasteiger partial charge is 0.117 e. The number of aliphatic hydroxyl groups excluding tert-OH is 1. The van der Waals surface area contributed by atoms with Crippen molar-refractivity contribution in [3.63, 3.8) is 0 Å². The van der Waals surface area contributed by atoms with Crippen LogP contribution in [0.15, 0.2) is 24.3 Å². The molecule has 1 fully saturated rings. The fourth-order valence-corrected chi connectivity index (χ4v) is 3.26. The van der Waals surface area contributed by atoms with E-state index >= 15 is 0 Å². The van der Waals surface area contributed by atoms with Gasteiger partial charge in [-0.05, 0) is 48.8 Å². The fourth-order valence-electron chi connectivity index (χ4n) is 2.49. The molecule has 0 saturated heterocycles. The third kappa shape index (κ3) is 2.28. The molecule has 1 aliphatic rings. The number of hydrogen-bond donors (Lipinski definition) is 2. The molecule has 2 N–H and O–H groups in total. The Bertz CT molecular complexity index is 511. The molecule has 3 rings (SSSR count). The van der Waals surface area contributed by atoms with Crippen molar-refractivity contribution in [2.45, 2.75) is 25.4 Å². The molecule has 1 aromatic heterocycles. The molecule has 2 atom stereocenters. The second kappa shape index (κ2) is 4.63. The normalized spacial score (nSPS) is 24.3. The van der Waals surface area contributed by atoms with Gasteiger partial charge in [-0.1, -0.05) is 12.1 Å². The summed E-state index contributed by atoms with van der Waals surface area (Å²) in [6.45, 7) is 0.948. The molecule has 4 heteroatoms. The first-order chi connectivity index (χ1) is 8.33. The van der Waals surface area contributed by atoms with Crippen molar-refractivity contribution < 1.29 is 5.11 Å².